The van der Waals surface area contributed by atoms with Gasteiger partial charge in [-0.3, -0.25) is 0 Å². The monoisotopic (exact) mass is 439 g/mol. The van der Waals surface area contributed by atoms with Crippen molar-refractivity contribution < 1.29 is 14.6 Å². The molecule has 0 fully saturated rings. The fourth-order valence-electron chi connectivity index (χ4n) is 3.19. The minimum Gasteiger partial charge on any atom is -0.504 e. The summed E-state index contributed by atoms with van der Waals surface area (Å²) < 4.78 is 10.4. The molecule has 3 aromatic carbocycles. The van der Waals surface area contributed by atoms with Gasteiger partial charge in [0.05, 0.1) is 41.0 Å². The molecule has 4 rings (SSSR count). The number of pyridine rings is 1. The van der Waals surface area contributed by atoms with Gasteiger partial charge in [0, 0.05) is 11.5 Å². The van der Waals surface area contributed by atoms with Gasteiger partial charge in [0.1, 0.15) is 17.6 Å². The SMILES string of the molecule is COc1cc2cc3cc(C#N)c(Nc4cc(OC)c(Cl)cc4Cl)nc3cc2cc1O. The fourth-order valence-corrected chi connectivity index (χ4v) is 3.70. The maximum Gasteiger partial charge on any atom is 0.161 e. The molecule has 0 aliphatic carbocycles. The van der Waals surface area contributed by atoms with Crippen LogP contribution in [0.5, 0.6) is 17.2 Å². The van der Waals surface area contributed by atoms with E-state index < -0.39 is 0 Å². The van der Waals surface area contributed by atoms with Crippen molar-refractivity contribution in [2.45, 2.75) is 0 Å². The number of benzene rings is 3. The molecule has 0 spiro atoms. The Morgan fingerprint density at radius 1 is 0.900 bits per heavy atom. The van der Waals surface area contributed by atoms with Gasteiger partial charge in [-0.25, -0.2) is 4.98 Å². The van der Waals surface area contributed by atoms with Gasteiger partial charge in [0.2, 0.25) is 0 Å². The number of nitrogens with one attached hydrogen (secondary N) is 1. The zero-order valence-corrected chi connectivity index (χ0v) is 17.5. The second kappa shape index (κ2) is 7.79. The molecule has 0 unspecified atom stereocenters. The highest BCUT2D eigenvalue weighted by Crippen LogP contribution is 2.37. The lowest BCUT2D eigenvalue weighted by Gasteiger charge is -2.13. The maximum atomic E-state index is 10.1. The molecule has 0 saturated heterocycles. The van der Waals surface area contributed by atoms with Gasteiger partial charge in [-0.2, -0.15) is 5.26 Å². The summed E-state index contributed by atoms with van der Waals surface area (Å²) in [5.74, 6) is 1.20. The third-order valence-corrected chi connectivity index (χ3v) is 5.29. The van der Waals surface area contributed by atoms with E-state index in [2.05, 4.69) is 16.4 Å². The topological polar surface area (TPSA) is 87.4 Å². The molecule has 2 N–H and O–H groups in total. The number of ether oxygens (including phenoxy) is 2. The van der Waals surface area contributed by atoms with Crippen LogP contribution in [0.3, 0.4) is 0 Å². The van der Waals surface area contributed by atoms with Crippen LogP contribution in [-0.4, -0.2) is 24.3 Å². The number of nitrogens with zero attached hydrogens (tertiary/aromatic N) is 2. The molecule has 30 heavy (non-hydrogen) atoms. The Morgan fingerprint density at radius 2 is 1.63 bits per heavy atom. The largest absolute Gasteiger partial charge is 0.504 e. The van der Waals surface area contributed by atoms with E-state index in [1.54, 1.807) is 30.3 Å². The minimum atomic E-state index is 0.0383. The van der Waals surface area contributed by atoms with Crippen LogP contribution in [0.15, 0.2) is 42.5 Å². The number of phenols is 1. The maximum absolute atomic E-state index is 10.1. The van der Waals surface area contributed by atoms with E-state index in [4.69, 9.17) is 32.7 Å². The zero-order chi connectivity index (χ0) is 21.4. The molecule has 0 aliphatic rings. The average Bonchev–Trinajstić information content (AvgIpc) is 2.73. The molecule has 0 aliphatic heterocycles. The van der Waals surface area contributed by atoms with Crippen LogP contribution in [0.25, 0.3) is 21.7 Å². The standard InChI is InChI=1S/C22H15Cl2N3O3/c1-29-20-9-18(15(23)8-16(20)24)27-22-14(10-25)4-13-3-11-7-21(30-2)19(28)6-12(11)5-17(13)26-22/h3-9,28H,1-2H3,(H,26,27). The number of nitriles is 1. The van der Waals surface area contributed by atoms with Crippen molar-refractivity contribution in [2.24, 2.45) is 0 Å². The number of hydrogen-bond donors (Lipinski definition) is 2. The van der Waals surface area contributed by atoms with Gasteiger partial charge in [-0.05, 0) is 47.2 Å². The van der Waals surface area contributed by atoms with Crippen molar-refractivity contribution >= 4 is 56.4 Å². The highest BCUT2D eigenvalue weighted by atomic mass is 35.5. The van der Waals surface area contributed by atoms with Gasteiger partial charge in [-0.1, -0.05) is 23.2 Å². The first-order valence-electron chi connectivity index (χ1n) is 8.79. The summed E-state index contributed by atoms with van der Waals surface area (Å²) in [5.41, 5.74) is 1.49. The summed E-state index contributed by atoms with van der Waals surface area (Å²) in [5, 5.41) is 26.0. The first-order valence-corrected chi connectivity index (χ1v) is 9.54. The highest BCUT2D eigenvalue weighted by molar-refractivity contribution is 6.37. The third kappa shape index (κ3) is 3.50. The summed E-state index contributed by atoms with van der Waals surface area (Å²) in [6.45, 7) is 0. The highest BCUT2D eigenvalue weighted by Gasteiger charge is 2.13. The van der Waals surface area contributed by atoms with E-state index >= 15 is 0 Å². The molecule has 0 saturated carbocycles. The van der Waals surface area contributed by atoms with Crippen LogP contribution in [-0.2, 0) is 0 Å². The molecule has 1 heterocycles. The molecule has 1 aromatic heterocycles. The third-order valence-electron chi connectivity index (χ3n) is 4.69. The second-order valence-corrected chi connectivity index (χ2v) is 7.32. The van der Waals surface area contributed by atoms with Crippen LogP contribution in [0.1, 0.15) is 5.56 Å². The number of anilines is 2. The molecule has 0 radical (unpaired) electrons. The molecule has 150 valence electrons. The Bertz CT molecular complexity index is 1350. The van der Waals surface area contributed by atoms with Crippen molar-refractivity contribution in [1.29, 1.82) is 5.26 Å². The fraction of sp³-hybridized carbons (Fsp3) is 0.0909. The Balaban J connectivity index is 1.86. The normalized spacial score (nSPS) is 10.8. The lowest BCUT2D eigenvalue weighted by atomic mass is 10.0. The summed E-state index contributed by atoms with van der Waals surface area (Å²) in [6.07, 6.45) is 0. The van der Waals surface area contributed by atoms with Crippen molar-refractivity contribution in [1.82, 2.24) is 4.98 Å². The number of methoxy groups -OCH3 is 2. The molecule has 0 amide bonds. The predicted octanol–water partition coefficient (Wildman–Crippen LogP) is 6.03. The zero-order valence-electron chi connectivity index (χ0n) is 16.0. The molecule has 0 bridgehead atoms. The van der Waals surface area contributed by atoms with Gasteiger partial charge in [0.25, 0.3) is 0 Å². The van der Waals surface area contributed by atoms with Crippen LogP contribution < -0.4 is 14.8 Å². The lowest BCUT2D eigenvalue weighted by molar-refractivity contribution is 0.374. The summed E-state index contributed by atoms with van der Waals surface area (Å²) >= 11 is 12.4. The van der Waals surface area contributed by atoms with E-state index in [1.807, 2.05) is 12.1 Å². The quantitative estimate of drug-likeness (QED) is 0.377. The molecular formula is C22H15Cl2N3O3. The molecule has 8 heteroatoms. The summed E-state index contributed by atoms with van der Waals surface area (Å²) in [7, 11) is 3.00. The van der Waals surface area contributed by atoms with E-state index in [0.29, 0.717) is 44.1 Å². The molecule has 0 atom stereocenters. The molecular weight excluding hydrogens is 425 g/mol. The van der Waals surface area contributed by atoms with Gasteiger partial charge < -0.3 is 19.9 Å². The van der Waals surface area contributed by atoms with Gasteiger partial charge in [0.15, 0.2) is 11.5 Å². The summed E-state index contributed by atoms with van der Waals surface area (Å²) in [6, 6.07) is 14.2. The molecule has 6 nitrogen and oxygen atoms in total. The van der Waals surface area contributed by atoms with E-state index in [0.717, 1.165) is 16.2 Å². The number of aromatic hydroxyl groups is 1. The Morgan fingerprint density at radius 3 is 2.33 bits per heavy atom. The van der Waals surface area contributed by atoms with Crippen LogP contribution in [0.4, 0.5) is 11.5 Å². The smallest absolute Gasteiger partial charge is 0.161 e. The van der Waals surface area contributed by atoms with Gasteiger partial charge in [-0.15, -0.1) is 0 Å². The predicted molar refractivity (Wildman–Crippen MR) is 118 cm³/mol. The second-order valence-electron chi connectivity index (χ2n) is 6.50. The number of aromatic nitrogens is 1. The summed E-state index contributed by atoms with van der Waals surface area (Å²) in [4.78, 5) is 4.60. The molecule has 4 aromatic rings. The number of phenolic OH excluding ortho intramolecular Hbond substituents is 1. The van der Waals surface area contributed by atoms with Crippen LogP contribution in [0, 0.1) is 11.3 Å². The lowest BCUT2D eigenvalue weighted by Crippen LogP contribution is -1.99. The number of fused-ring (bicyclic) bond motifs is 2. The first kappa shape index (κ1) is 19.9. The first-order chi connectivity index (χ1) is 14.4. The van der Waals surface area contributed by atoms with Crippen molar-refractivity contribution in [3.05, 3.63) is 58.1 Å². The van der Waals surface area contributed by atoms with Crippen LogP contribution in [0.2, 0.25) is 10.0 Å². The van der Waals surface area contributed by atoms with Crippen molar-refractivity contribution in [2.75, 3.05) is 19.5 Å². The average molecular weight is 440 g/mol. The van der Waals surface area contributed by atoms with Gasteiger partial charge >= 0.3 is 0 Å². The number of halogens is 2. The number of hydrogen-bond acceptors (Lipinski definition) is 6. The van der Waals surface area contributed by atoms with E-state index in [-0.39, 0.29) is 5.75 Å². The Labute approximate surface area is 182 Å². The number of rotatable bonds is 4. The van der Waals surface area contributed by atoms with Crippen molar-refractivity contribution in [3.63, 3.8) is 0 Å². The Kier molecular flexibility index (Phi) is 5.17. The van der Waals surface area contributed by atoms with E-state index in [9.17, 15) is 10.4 Å². The minimum absolute atomic E-state index is 0.0383. The Hall–Kier alpha value is -3.40. The van der Waals surface area contributed by atoms with Crippen LogP contribution >= 0.6 is 23.2 Å². The van der Waals surface area contributed by atoms with Crippen molar-refractivity contribution in [3.8, 4) is 23.3 Å². The van der Waals surface area contributed by atoms with E-state index in [1.165, 1.54) is 14.2 Å².